The lowest BCUT2D eigenvalue weighted by atomic mass is 10.1. The maximum Gasteiger partial charge on any atom is 0.416 e. The van der Waals surface area contributed by atoms with Crippen molar-refractivity contribution in [2.45, 2.75) is 19.5 Å². The second-order valence-electron chi connectivity index (χ2n) is 5.32. The van der Waals surface area contributed by atoms with E-state index in [1.54, 1.807) is 12.3 Å². The number of aliphatic imine (C=N–C) groups is 1. The Labute approximate surface area is 150 Å². The maximum absolute atomic E-state index is 12.7. The zero-order chi connectivity index (χ0) is 18.8. The highest BCUT2D eigenvalue weighted by atomic mass is 19.4. The van der Waals surface area contributed by atoms with Gasteiger partial charge in [0.05, 0.1) is 18.4 Å². The second kappa shape index (κ2) is 9.56. The summed E-state index contributed by atoms with van der Waals surface area (Å²) in [5.41, 5.74) is -0.383. The zero-order valence-electron chi connectivity index (χ0n) is 14.4. The molecule has 4 nitrogen and oxygen atoms in total. The van der Waals surface area contributed by atoms with Crippen LogP contribution in [-0.2, 0) is 12.6 Å². The first kappa shape index (κ1) is 19.4. The number of alkyl halides is 3. The first-order chi connectivity index (χ1) is 12.5. The molecule has 0 saturated heterocycles. The van der Waals surface area contributed by atoms with Gasteiger partial charge in [0, 0.05) is 25.1 Å². The van der Waals surface area contributed by atoms with Gasteiger partial charge in [0.15, 0.2) is 5.96 Å². The van der Waals surface area contributed by atoms with Crippen LogP contribution in [0.2, 0.25) is 0 Å². The van der Waals surface area contributed by atoms with E-state index in [0.29, 0.717) is 31.0 Å². The molecule has 0 saturated carbocycles. The SMILES string of the molecule is CCNC(=NCCc1ccco1)NCC#Cc1cccc(C(F)(F)F)c1. The van der Waals surface area contributed by atoms with Crippen LogP contribution < -0.4 is 10.6 Å². The number of guanidine groups is 1. The van der Waals surface area contributed by atoms with E-state index in [1.807, 2.05) is 19.1 Å². The third-order valence-corrected chi connectivity index (χ3v) is 3.32. The van der Waals surface area contributed by atoms with Gasteiger partial charge in [-0.15, -0.1) is 0 Å². The van der Waals surface area contributed by atoms with Crippen molar-refractivity contribution in [2.75, 3.05) is 19.6 Å². The summed E-state index contributed by atoms with van der Waals surface area (Å²) in [7, 11) is 0. The van der Waals surface area contributed by atoms with Crippen LogP contribution in [0.15, 0.2) is 52.1 Å². The predicted molar refractivity (Wildman–Crippen MR) is 94.7 cm³/mol. The van der Waals surface area contributed by atoms with Crippen molar-refractivity contribution in [3.63, 3.8) is 0 Å². The van der Waals surface area contributed by atoms with Crippen LogP contribution in [0.4, 0.5) is 13.2 Å². The summed E-state index contributed by atoms with van der Waals surface area (Å²) >= 11 is 0. The predicted octanol–water partition coefficient (Wildman–Crippen LogP) is 3.45. The molecular weight excluding hydrogens is 343 g/mol. The molecule has 1 aromatic heterocycles. The largest absolute Gasteiger partial charge is 0.469 e. The van der Waals surface area contributed by atoms with E-state index in [-0.39, 0.29) is 6.54 Å². The van der Waals surface area contributed by atoms with Gasteiger partial charge in [-0.25, -0.2) is 0 Å². The molecule has 2 rings (SSSR count). The summed E-state index contributed by atoms with van der Waals surface area (Å²) in [6, 6.07) is 8.67. The summed E-state index contributed by atoms with van der Waals surface area (Å²) < 4.78 is 43.3. The van der Waals surface area contributed by atoms with Crippen LogP contribution in [0.5, 0.6) is 0 Å². The second-order valence-corrected chi connectivity index (χ2v) is 5.32. The molecule has 0 aliphatic carbocycles. The third-order valence-electron chi connectivity index (χ3n) is 3.32. The molecular formula is C19H20F3N3O. The lowest BCUT2D eigenvalue weighted by molar-refractivity contribution is -0.137. The molecule has 0 unspecified atom stereocenters. The van der Waals surface area contributed by atoms with Crippen molar-refractivity contribution in [1.29, 1.82) is 0 Å². The summed E-state index contributed by atoms with van der Waals surface area (Å²) in [4.78, 5) is 4.40. The van der Waals surface area contributed by atoms with Crippen molar-refractivity contribution in [1.82, 2.24) is 10.6 Å². The first-order valence-electron chi connectivity index (χ1n) is 8.19. The summed E-state index contributed by atoms with van der Waals surface area (Å²) in [6.07, 6.45) is -2.07. The van der Waals surface area contributed by atoms with Crippen molar-refractivity contribution in [3.05, 3.63) is 59.5 Å². The van der Waals surface area contributed by atoms with Gasteiger partial charge in [0.25, 0.3) is 0 Å². The van der Waals surface area contributed by atoms with Crippen LogP contribution in [0, 0.1) is 11.8 Å². The van der Waals surface area contributed by atoms with Crippen molar-refractivity contribution in [2.24, 2.45) is 4.99 Å². The van der Waals surface area contributed by atoms with Crippen molar-refractivity contribution >= 4 is 5.96 Å². The van der Waals surface area contributed by atoms with Gasteiger partial charge >= 0.3 is 6.18 Å². The van der Waals surface area contributed by atoms with Gasteiger partial charge in [-0.3, -0.25) is 4.99 Å². The van der Waals surface area contributed by atoms with E-state index in [0.717, 1.165) is 17.9 Å². The monoisotopic (exact) mass is 363 g/mol. The molecule has 26 heavy (non-hydrogen) atoms. The molecule has 138 valence electrons. The average molecular weight is 363 g/mol. The average Bonchev–Trinajstić information content (AvgIpc) is 3.11. The number of benzene rings is 1. The van der Waals surface area contributed by atoms with Crippen LogP contribution in [-0.4, -0.2) is 25.6 Å². The Bertz CT molecular complexity index is 771. The molecule has 0 radical (unpaired) electrons. The quantitative estimate of drug-likeness (QED) is 0.486. The molecule has 1 aromatic carbocycles. The standard InChI is InChI=1S/C19H20F3N3O/c1-2-23-18(25-12-10-17-9-5-13-26-17)24-11-4-7-15-6-3-8-16(14-15)19(20,21)22/h3,5-6,8-9,13-14H,2,10-12H2,1H3,(H2,23,24,25). The Morgan fingerprint density at radius 3 is 2.73 bits per heavy atom. The minimum atomic E-state index is -4.37. The van der Waals surface area contributed by atoms with Crippen molar-refractivity contribution in [3.8, 4) is 11.8 Å². The fourth-order valence-electron chi connectivity index (χ4n) is 2.12. The normalized spacial score (nSPS) is 11.6. The van der Waals surface area contributed by atoms with Gasteiger partial charge in [0.1, 0.15) is 5.76 Å². The van der Waals surface area contributed by atoms with E-state index in [9.17, 15) is 13.2 Å². The number of halogens is 3. The van der Waals surface area contributed by atoms with E-state index < -0.39 is 11.7 Å². The lowest BCUT2D eigenvalue weighted by Gasteiger charge is -2.08. The molecule has 0 bridgehead atoms. The van der Waals surface area contributed by atoms with E-state index in [4.69, 9.17) is 4.42 Å². The summed E-state index contributed by atoms with van der Waals surface area (Å²) in [6.45, 7) is 3.44. The number of hydrogen-bond acceptors (Lipinski definition) is 2. The van der Waals surface area contributed by atoms with Gasteiger partial charge in [-0.1, -0.05) is 17.9 Å². The molecule has 2 aromatic rings. The van der Waals surface area contributed by atoms with E-state index in [1.165, 1.54) is 6.07 Å². The van der Waals surface area contributed by atoms with Crippen molar-refractivity contribution < 1.29 is 17.6 Å². The molecule has 0 atom stereocenters. The molecule has 7 heteroatoms. The van der Waals surface area contributed by atoms with Gasteiger partial charge in [0.2, 0.25) is 0 Å². The Hall–Kier alpha value is -2.88. The topological polar surface area (TPSA) is 49.6 Å². The third kappa shape index (κ3) is 6.55. The summed E-state index contributed by atoms with van der Waals surface area (Å²) in [5, 5.41) is 6.11. The number of nitrogens with one attached hydrogen (secondary N) is 2. The fourth-order valence-corrected chi connectivity index (χ4v) is 2.12. The molecule has 0 aliphatic heterocycles. The molecule has 0 spiro atoms. The minimum Gasteiger partial charge on any atom is -0.469 e. The zero-order valence-corrected chi connectivity index (χ0v) is 14.4. The lowest BCUT2D eigenvalue weighted by Crippen LogP contribution is -2.37. The Morgan fingerprint density at radius 2 is 2.04 bits per heavy atom. The molecule has 0 aliphatic rings. The highest BCUT2D eigenvalue weighted by molar-refractivity contribution is 5.80. The molecule has 0 fully saturated rings. The fraction of sp³-hybridized carbons (Fsp3) is 0.316. The van der Waals surface area contributed by atoms with E-state index in [2.05, 4.69) is 27.5 Å². The summed E-state index contributed by atoms with van der Waals surface area (Å²) in [5.74, 6) is 6.98. The Kier molecular flexibility index (Phi) is 7.15. The minimum absolute atomic E-state index is 0.267. The van der Waals surface area contributed by atoms with Crippen LogP contribution in [0.3, 0.4) is 0 Å². The van der Waals surface area contributed by atoms with Crippen LogP contribution in [0.25, 0.3) is 0 Å². The Morgan fingerprint density at radius 1 is 1.19 bits per heavy atom. The highest BCUT2D eigenvalue weighted by Gasteiger charge is 2.30. The van der Waals surface area contributed by atoms with Gasteiger partial charge in [-0.05, 0) is 37.3 Å². The van der Waals surface area contributed by atoms with Gasteiger partial charge < -0.3 is 15.1 Å². The number of furan rings is 1. The Balaban J connectivity index is 1.88. The first-order valence-corrected chi connectivity index (χ1v) is 8.19. The van der Waals surface area contributed by atoms with Crippen LogP contribution in [0.1, 0.15) is 23.8 Å². The van der Waals surface area contributed by atoms with Gasteiger partial charge in [-0.2, -0.15) is 13.2 Å². The molecule has 0 amide bonds. The number of rotatable bonds is 5. The highest BCUT2D eigenvalue weighted by Crippen LogP contribution is 2.29. The molecule has 2 N–H and O–H groups in total. The number of hydrogen-bond donors (Lipinski definition) is 2. The maximum atomic E-state index is 12.7. The smallest absolute Gasteiger partial charge is 0.416 e. The molecule has 1 heterocycles. The van der Waals surface area contributed by atoms with Crippen LogP contribution >= 0.6 is 0 Å². The van der Waals surface area contributed by atoms with E-state index >= 15 is 0 Å². The number of nitrogens with zero attached hydrogens (tertiary/aromatic N) is 1.